The molecule has 1 aromatic rings. The van der Waals surface area contributed by atoms with Crippen molar-refractivity contribution in [2.24, 2.45) is 5.73 Å². The van der Waals surface area contributed by atoms with Gasteiger partial charge in [0, 0.05) is 0 Å². The van der Waals surface area contributed by atoms with Crippen LogP contribution in [0.4, 0.5) is 0 Å². The van der Waals surface area contributed by atoms with Crippen molar-refractivity contribution >= 4 is 31.9 Å². The molecule has 0 radical (unpaired) electrons. The van der Waals surface area contributed by atoms with Gasteiger partial charge in [-0.3, -0.25) is 4.79 Å². The first-order chi connectivity index (χ1) is 9.92. The van der Waals surface area contributed by atoms with E-state index in [1.54, 1.807) is 54.6 Å². The van der Waals surface area contributed by atoms with Gasteiger partial charge in [-0.1, -0.05) is 70.6 Å². The van der Waals surface area contributed by atoms with E-state index in [4.69, 9.17) is 5.73 Å². The van der Waals surface area contributed by atoms with Crippen molar-refractivity contribution in [3.63, 3.8) is 0 Å². The Morgan fingerprint density at radius 2 is 1.81 bits per heavy atom. The fourth-order valence-corrected chi connectivity index (χ4v) is 4.69. The van der Waals surface area contributed by atoms with Crippen LogP contribution < -0.4 is 10.5 Å². The van der Waals surface area contributed by atoms with Crippen molar-refractivity contribution in [3.05, 3.63) is 60.2 Å². The molecule has 21 heavy (non-hydrogen) atoms. The number of primary amides is 1. The van der Waals surface area contributed by atoms with Gasteiger partial charge in [-0.15, -0.1) is 0 Å². The lowest BCUT2D eigenvalue weighted by atomic mass is 10.1. The molecule has 1 aliphatic rings. The fraction of sp³-hybridized carbons (Fsp3) is 0.214. The maximum Gasteiger partial charge on any atom is 0.240 e. The van der Waals surface area contributed by atoms with Crippen LogP contribution in [0.25, 0.3) is 0 Å². The molecular weight excluding hydrogens is 356 g/mol. The minimum absolute atomic E-state index is 0.357. The molecule has 0 heterocycles. The molecule has 0 spiro atoms. The highest BCUT2D eigenvalue weighted by Crippen LogP contribution is 2.22. The van der Waals surface area contributed by atoms with Gasteiger partial charge in [0.1, 0.15) is 11.3 Å². The highest BCUT2D eigenvalue weighted by molar-refractivity contribution is 9.09. The lowest BCUT2D eigenvalue weighted by Gasteiger charge is -2.23. The highest BCUT2D eigenvalue weighted by atomic mass is 79.9. The quantitative estimate of drug-likeness (QED) is 0.767. The van der Waals surface area contributed by atoms with Crippen LogP contribution in [0.2, 0.25) is 0 Å². The Bertz CT molecular complexity index is 671. The van der Waals surface area contributed by atoms with Gasteiger partial charge >= 0.3 is 0 Å². The Hall–Kier alpha value is -1.44. The number of alkyl halides is 1. The van der Waals surface area contributed by atoms with Gasteiger partial charge < -0.3 is 5.73 Å². The number of hydrogen-bond acceptors (Lipinski definition) is 3. The van der Waals surface area contributed by atoms with Crippen LogP contribution in [0, 0.1) is 0 Å². The second-order valence-corrected chi connectivity index (χ2v) is 7.52. The number of benzene rings is 1. The Morgan fingerprint density at radius 1 is 1.19 bits per heavy atom. The van der Waals surface area contributed by atoms with E-state index in [9.17, 15) is 13.2 Å². The van der Waals surface area contributed by atoms with E-state index >= 15 is 0 Å². The monoisotopic (exact) mass is 370 g/mol. The van der Waals surface area contributed by atoms with Crippen LogP contribution in [0.15, 0.2) is 54.6 Å². The molecule has 0 saturated carbocycles. The lowest BCUT2D eigenvalue weighted by Crippen LogP contribution is -2.44. The summed E-state index contributed by atoms with van der Waals surface area (Å²) in [6.45, 7) is 0. The summed E-state index contributed by atoms with van der Waals surface area (Å²) < 4.78 is 27.3. The topological polar surface area (TPSA) is 89.3 Å². The molecule has 2 rings (SSSR count). The number of hydrogen-bond donors (Lipinski definition) is 2. The van der Waals surface area contributed by atoms with Crippen LogP contribution in [-0.4, -0.2) is 24.4 Å². The van der Waals surface area contributed by atoms with E-state index in [1.807, 2.05) is 0 Å². The van der Waals surface area contributed by atoms with Gasteiger partial charge in [-0.05, 0) is 5.56 Å². The average molecular weight is 371 g/mol. The summed E-state index contributed by atoms with van der Waals surface area (Å²) in [5.41, 5.74) is 5.84. The predicted molar refractivity (Wildman–Crippen MR) is 85.2 cm³/mol. The van der Waals surface area contributed by atoms with Gasteiger partial charge in [-0.25, -0.2) is 8.42 Å². The van der Waals surface area contributed by atoms with Gasteiger partial charge in [0.25, 0.3) is 0 Å². The third-order valence-corrected chi connectivity index (χ3v) is 6.03. The van der Waals surface area contributed by atoms with Crippen molar-refractivity contribution in [2.75, 3.05) is 0 Å². The van der Waals surface area contributed by atoms with Crippen LogP contribution in [0.3, 0.4) is 0 Å². The SMILES string of the molecule is NC(=O)[C@H](NS(=O)(=O)C1C=CC=CC1Br)c1ccccc1. The Labute approximate surface area is 132 Å². The fourth-order valence-electron chi connectivity index (χ4n) is 2.01. The second kappa shape index (κ2) is 6.55. The molecule has 3 N–H and O–H groups in total. The number of rotatable bonds is 5. The van der Waals surface area contributed by atoms with Crippen molar-refractivity contribution < 1.29 is 13.2 Å². The Kier molecular flexibility index (Phi) is 4.97. The first-order valence-electron chi connectivity index (χ1n) is 6.26. The highest BCUT2D eigenvalue weighted by Gasteiger charge is 2.33. The van der Waals surface area contributed by atoms with Crippen LogP contribution >= 0.6 is 15.9 Å². The molecule has 0 aromatic heterocycles. The number of carbonyl (C=O) groups is 1. The lowest BCUT2D eigenvalue weighted by molar-refractivity contribution is -0.119. The predicted octanol–water partition coefficient (Wildman–Crippen LogP) is 1.39. The van der Waals surface area contributed by atoms with Crippen LogP contribution in [0.1, 0.15) is 11.6 Å². The molecule has 0 fully saturated rings. The summed E-state index contributed by atoms with van der Waals surface area (Å²) >= 11 is 3.30. The van der Waals surface area contributed by atoms with Crippen LogP contribution in [0.5, 0.6) is 0 Å². The molecule has 7 heteroatoms. The zero-order valence-electron chi connectivity index (χ0n) is 11.0. The largest absolute Gasteiger partial charge is 0.368 e. The van der Waals surface area contributed by atoms with Gasteiger partial charge in [0.2, 0.25) is 15.9 Å². The van der Waals surface area contributed by atoms with E-state index in [-0.39, 0.29) is 4.83 Å². The molecule has 3 atom stereocenters. The number of carbonyl (C=O) groups excluding carboxylic acids is 1. The second-order valence-electron chi connectivity index (χ2n) is 4.59. The number of nitrogens with one attached hydrogen (secondary N) is 1. The van der Waals surface area contributed by atoms with E-state index in [0.29, 0.717) is 5.56 Å². The summed E-state index contributed by atoms with van der Waals surface area (Å²) in [4.78, 5) is 11.2. The number of amides is 1. The normalized spacial score (nSPS) is 22.9. The molecular formula is C14H15BrN2O3S. The van der Waals surface area contributed by atoms with Gasteiger partial charge in [-0.2, -0.15) is 4.72 Å². The number of nitrogens with two attached hydrogens (primary N) is 1. The van der Waals surface area contributed by atoms with E-state index in [1.165, 1.54) is 0 Å². The third-order valence-electron chi connectivity index (χ3n) is 3.08. The summed E-state index contributed by atoms with van der Waals surface area (Å²) in [7, 11) is -3.76. The standard InChI is InChI=1S/C14H15BrN2O3S/c15-11-8-4-5-9-12(11)21(19,20)17-13(14(16)18)10-6-2-1-3-7-10/h1-9,11-13,17H,(H2,16,18)/t11?,12?,13-/m1/s1. The average Bonchev–Trinajstić information content (AvgIpc) is 2.46. The number of sulfonamides is 1. The summed E-state index contributed by atoms with van der Waals surface area (Å²) in [6, 6.07) is 7.43. The van der Waals surface area contributed by atoms with Gasteiger partial charge in [0.15, 0.2) is 0 Å². The molecule has 5 nitrogen and oxygen atoms in total. The Balaban J connectivity index is 2.27. The smallest absolute Gasteiger partial charge is 0.240 e. The van der Waals surface area contributed by atoms with Crippen LogP contribution in [-0.2, 0) is 14.8 Å². The minimum atomic E-state index is -3.76. The molecule has 2 unspecified atom stereocenters. The third kappa shape index (κ3) is 3.81. The molecule has 0 saturated heterocycles. The van der Waals surface area contributed by atoms with E-state index in [0.717, 1.165) is 0 Å². The number of allylic oxidation sites excluding steroid dienone is 3. The zero-order valence-corrected chi connectivity index (χ0v) is 13.4. The molecule has 1 amide bonds. The molecule has 1 aliphatic carbocycles. The molecule has 0 bridgehead atoms. The minimum Gasteiger partial charge on any atom is -0.368 e. The number of halogens is 1. The summed E-state index contributed by atoms with van der Waals surface area (Å²) in [5, 5.41) is -0.798. The van der Waals surface area contributed by atoms with Gasteiger partial charge in [0.05, 0.1) is 4.83 Å². The summed E-state index contributed by atoms with van der Waals surface area (Å²) in [6.07, 6.45) is 6.70. The van der Waals surface area contributed by atoms with E-state index < -0.39 is 27.2 Å². The molecule has 0 aliphatic heterocycles. The van der Waals surface area contributed by atoms with Crippen molar-refractivity contribution in [1.82, 2.24) is 4.72 Å². The maximum absolute atomic E-state index is 12.5. The molecule has 112 valence electrons. The maximum atomic E-state index is 12.5. The first kappa shape index (κ1) is 15.9. The van der Waals surface area contributed by atoms with Crippen molar-refractivity contribution in [1.29, 1.82) is 0 Å². The summed E-state index contributed by atoms with van der Waals surface area (Å²) in [5.74, 6) is -0.744. The Morgan fingerprint density at radius 3 is 2.38 bits per heavy atom. The zero-order chi connectivity index (χ0) is 15.5. The van der Waals surface area contributed by atoms with Crippen molar-refractivity contribution in [3.8, 4) is 0 Å². The van der Waals surface area contributed by atoms with E-state index in [2.05, 4.69) is 20.7 Å². The molecule has 1 aromatic carbocycles. The first-order valence-corrected chi connectivity index (χ1v) is 8.72. The van der Waals surface area contributed by atoms with Crippen molar-refractivity contribution in [2.45, 2.75) is 16.1 Å².